The number of benzene rings is 2. The lowest BCUT2D eigenvalue weighted by molar-refractivity contribution is 0.941. The fourth-order valence-corrected chi connectivity index (χ4v) is 5.21. The summed E-state index contributed by atoms with van der Waals surface area (Å²) in [6.45, 7) is 0. The largest absolute Gasteiger partial charge is 0.292 e. The molecule has 3 nitrogen and oxygen atoms in total. The van der Waals surface area contributed by atoms with Gasteiger partial charge >= 0.3 is 0 Å². The van der Waals surface area contributed by atoms with E-state index in [4.69, 9.17) is 9.97 Å². The van der Waals surface area contributed by atoms with Crippen molar-refractivity contribution in [1.82, 2.24) is 9.97 Å². The molecule has 1 aliphatic carbocycles. The fourth-order valence-electron chi connectivity index (χ4n) is 5.21. The van der Waals surface area contributed by atoms with E-state index in [1.54, 1.807) is 0 Å². The first kappa shape index (κ1) is 14.6. The molecule has 2 aliphatic heterocycles. The second-order valence-corrected chi connectivity index (χ2v) is 7.88. The van der Waals surface area contributed by atoms with Crippen LogP contribution in [0.1, 0.15) is 33.5 Å². The van der Waals surface area contributed by atoms with Crippen molar-refractivity contribution in [1.29, 1.82) is 0 Å². The van der Waals surface area contributed by atoms with E-state index in [1.165, 1.54) is 50.3 Å². The zero-order chi connectivity index (χ0) is 18.2. The van der Waals surface area contributed by atoms with Crippen LogP contribution >= 0.6 is 0 Å². The van der Waals surface area contributed by atoms with E-state index >= 15 is 0 Å². The topological polar surface area (TPSA) is 29.0 Å². The van der Waals surface area contributed by atoms with Crippen LogP contribution in [0.3, 0.4) is 0 Å². The van der Waals surface area contributed by atoms with Crippen molar-refractivity contribution in [3.63, 3.8) is 0 Å². The number of hydrogen-bond acceptors (Lipinski definition) is 3. The SMILES string of the molecule is c1ccc2c(c1)Cc1ccc3c(c1-2)N1c2ncccc2Cc2ccnc(c21)C3. The fraction of sp³-hybridized carbons (Fsp3) is 0.120. The Kier molecular flexibility index (Phi) is 2.64. The van der Waals surface area contributed by atoms with Crippen molar-refractivity contribution in [2.45, 2.75) is 19.3 Å². The normalized spacial score (nSPS) is 14.6. The summed E-state index contributed by atoms with van der Waals surface area (Å²) in [6.07, 6.45) is 6.68. The molecule has 7 rings (SSSR count). The molecule has 0 radical (unpaired) electrons. The molecule has 0 bridgehead atoms. The van der Waals surface area contributed by atoms with Crippen LogP contribution in [0.25, 0.3) is 11.1 Å². The number of pyridine rings is 2. The van der Waals surface area contributed by atoms with Gasteiger partial charge < -0.3 is 0 Å². The minimum Gasteiger partial charge on any atom is -0.292 e. The molecule has 28 heavy (non-hydrogen) atoms. The smallest absolute Gasteiger partial charge is 0.141 e. The zero-order valence-electron chi connectivity index (χ0n) is 15.3. The second kappa shape index (κ2) is 5.08. The Bertz CT molecular complexity index is 1290. The molecule has 0 atom stereocenters. The quantitative estimate of drug-likeness (QED) is 0.367. The van der Waals surface area contributed by atoms with Gasteiger partial charge in [-0.05, 0) is 51.9 Å². The maximum Gasteiger partial charge on any atom is 0.141 e. The molecular formula is C25H17N3. The molecule has 0 saturated carbocycles. The monoisotopic (exact) mass is 359 g/mol. The van der Waals surface area contributed by atoms with E-state index < -0.39 is 0 Å². The molecule has 2 aromatic heterocycles. The van der Waals surface area contributed by atoms with Crippen LogP contribution in [0.2, 0.25) is 0 Å². The molecule has 4 aromatic rings. The third-order valence-electron chi connectivity index (χ3n) is 6.36. The number of fused-ring (bicyclic) bond motifs is 8. The Morgan fingerprint density at radius 3 is 2.43 bits per heavy atom. The highest BCUT2D eigenvalue weighted by Crippen LogP contribution is 2.54. The van der Waals surface area contributed by atoms with Crippen LogP contribution in [-0.2, 0) is 19.3 Å². The maximum atomic E-state index is 4.82. The molecule has 3 aliphatic rings. The molecule has 0 N–H and O–H groups in total. The molecule has 0 saturated heterocycles. The number of nitrogens with zero attached hydrogens (tertiary/aromatic N) is 3. The molecule has 3 heteroatoms. The summed E-state index contributed by atoms with van der Waals surface area (Å²) < 4.78 is 0. The van der Waals surface area contributed by atoms with Crippen molar-refractivity contribution in [3.05, 3.63) is 101 Å². The summed E-state index contributed by atoms with van der Waals surface area (Å²) in [4.78, 5) is 12.0. The van der Waals surface area contributed by atoms with Crippen LogP contribution in [0.4, 0.5) is 17.2 Å². The number of aromatic nitrogens is 2. The standard InChI is InChI=1S/C25H17N3/c1-2-6-20-15(4-1)12-16-7-8-17-14-21-23-18(9-11-26-21)13-19-5-3-10-27-25(19)28(23)24(17)22(16)20/h1-11H,12-14H2. The van der Waals surface area contributed by atoms with Gasteiger partial charge in [0.2, 0.25) is 0 Å². The van der Waals surface area contributed by atoms with Gasteiger partial charge in [0.1, 0.15) is 5.82 Å². The average molecular weight is 359 g/mol. The lowest BCUT2D eigenvalue weighted by Gasteiger charge is -2.39. The van der Waals surface area contributed by atoms with E-state index in [0.717, 1.165) is 30.8 Å². The highest BCUT2D eigenvalue weighted by atomic mass is 15.2. The first-order valence-electron chi connectivity index (χ1n) is 9.82. The summed E-state index contributed by atoms with van der Waals surface area (Å²) in [5.74, 6) is 1.06. The van der Waals surface area contributed by atoms with Gasteiger partial charge in [-0.25, -0.2) is 4.98 Å². The zero-order valence-corrected chi connectivity index (χ0v) is 15.3. The average Bonchev–Trinajstić information content (AvgIpc) is 3.12. The first-order chi connectivity index (χ1) is 13.9. The second-order valence-electron chi connectivity index (χ2n) is 7.88. The van der Waals surface area contributed by atoms with Crippen LogP contribution in [0.15, 0.2) is 67.0 Å². The molecular weight excluding hydrogens is 342 g/mol. The predicted molar refractivity (Wildman–Crippen MR) is 111 cm³/mol. The van der Waals surface area contributed by atoms with Crippen LogP contribution in [0.5, 0.6) is 0 Å². The summed E-state index contributed by atoms with van der Waals surface area (Å²) >= 11 is 0. The Morgan fingerprint density at radius 1 is 0.607 bits per heavy atom. The van der Waals surface area contributed by atoms with Gasteiger partial charge in [0, 0.05) is 30.8 Å². The third kappa shape index (κ3) is 1.74. The van der Waals surface area contributed by atoms with Crippen molar-refractivity contribution in [2.24, 2.45) is 0 Å². The van der Waals surface area contributed by atoms with Crippen LogP contribution < -0.4 is 4.90 Å². The van der Waals surface area contributed by atoms with Gasteiger partial charge in [-0.15, -0.1) is 0 Å². The predicted octanol–water partition coefficient (Wildman–Crippen LogP) is 5.33. The van der Waals surface area contributed by atoms with Crippen LogP contribution in [-0.4, -0.2) is 9.97 Å². The minimum absolute atomic E-state index is 0.882. The van der Waals surface area contributed by atoms with Gasteiger partial charge in [-0.3, -0.25) is 9.88 Å². The van der Waals surface area contributed by atoms with Crippen molar-refractivity contribution in [3.8, 4) is 11.1 Å². The Hall–Kier alpha value is -3.46. The van der Waals surface area contributed by atoms with E-state index in [2.05, 4.69) is 53.4 Å². The molecule has 0 amide bonds. The van der Waals surface area contributed by atoms with Crippen LogP contribution in [0, 0.1) is 0 Å². The number of rotatable bonds is 0. The van der Waals surface area contributed by atoms with Gasteiger partial charge in [0.15, 0.2) is 0 Å². The van der Waals surface area contributed by atoms with Crippen molar-refractivity contribution < 1.29 is 0 Å². The molecule has 4 heterocycles. The first-order valence-corrected chi connectivity index (χ1v) is 9.82. The molecule has 0 fully saturated rings. The highest BCUT2D eigenvalue weighted by molar-refractivity contribution is 5.98. The van der Waals surface area contributed by atoms with Gasteiger partial charge in [-0.1, -0.05) is 42.5 Å². The molecule has 132 valence electrons. The number of anilines is 3. The van der Waals surface area contributed by atoms with Crippen molar-refractivity contribution in [2.75, 3.05) is 4.90 Å². The van der Waals surface area contributed by atoms with E-state index in [9.17, 15) is 0 Å². The summed E-state index contributed by atoms with van der Waals surface area (Å²) in [7, 11) is 0. The van der Waals surface area contributed by atoms with Gasteiger partial charge in [0.25, 0.3) is 0 Å². The van der Waals surface area contributed by atoms with E-state index in [-0.39, 0.29) is 0 Å². The highest BCUT2D eigenvalue weighted by Gasteiger charge is 2.36. The Balaban J connectivity index is 1.60. The minimum atomic E-state index is 0.882. The molecule has 0 unspecified atom stereocenters. The third-order valence-corrected chi connectivity index (χ3v) is 6.36. The van der Waals surface area contributed by atoms with Gasteiger partial charge in [-0.2, -0.15) is 0 Å². The van der Waals surface area contributed by atoms with E-state index in [1.807, 2.05) is 18.5 Å². The lowest BCUT2D eigenvalue weighted by Crippen LogP contribution is -2.27. The van der Waals surface area contributed by atoms with E-state index in [0.29, 0.717) is 0 Å². The molecule has 2 aromatic carbocycles. The summed E-state index contributed by atoms with van der Waals surface area (Å²) in [5, 5.41) is 0. The summed E-state index contributed by atoms with van der Waals surface area (Å²) in [5.41, 5.74) is 13.3. The lowest BCUT2D eigenvalue weighted by atomic mass is 9.87. The van der Waals surface area contributed by atoms with Crippen molar-refractivity contribution >= 4 is 17.2 Å². The molecule has 0 spiro atoms. The Morgan fingerprint density at radius 2 is 1.43 bits per heavy atom. The van der Waals surface area contributed by atoms with Gasteiger partial charge in [0.05, 0.1) is 17.1 Å². The Labute approximate surface area is 163 Å². The number of hydrogen-bond donors (Lipinski definition) is 0. The summed E-state index contributed by atoms with van der Waals surface area (Å²) in [6, 6.07) is 19.9. The maximum absolute atomic E-state index is 4.82.